The van der Waals surface area contributed by atoms with E-state index in [0.717, 1.165) is 24.1 Å². The number of hydrogen-bond donors (Lipinski definition) is 1. The molecule has 0 radical (unpaired) electrons. The molecule has 1 aromatic carbocycles. The van der Waals surface area contributed by atoms with Gasteiger partial charge in [-0.1, -0.05) is 13.8 Å². The van der Waals surface area contributed by atoms with Gasteiger partial charge in [0.15, 0.2) is 0 Å². The van der Waals surface area contributed by atoms with Crippen molar-refractivity contribution in [3.05, 3.63) is 23.8 Å². The maximum Gasteiger partial charge on any atom is 0.226 e. The molecule has 1 aliphatic rings. The molecule has 7 heteroatoms. The minimum absolute atomic E-state index is 0.0542. The Labute approximate surface area is 151 Å². The number of amides is 1. The highest BCUT2D eigenvalue weighted by Gasteiger charge is 2.29. The van der Waals surface area contributed by atoms with Crippen LogP contribution in [0.5, 0.6) is 0 Å². The van der Waals surface area contributed by atoms with Crippen molar-refractivity contribution in [3.8, 4) is 0 Å². The van der Waals surface area contributed by atoms with Crippen molar-refractivity contribution < 1.29 is 13.2 Å². The molecule has 0 spiro atoms. The highest BCUT2D eigenvalue weighted by Crippen LogP contribution is 2.32. The molecule has 1 saturated carbocycles. The van der Waals surface area contributed by atoms with E-state index in [2.05, 4.69) is 5.32 Å². The Kier molecular flexibility index (Phi) is 6.11. The van der Waals surface area contributed by atoms with Crippen LogP contribution < -0.4 is 10.2 Å². The summed E-state index contributed by atoms with van der Waals surface area (Å²) in [6, 6.07) is 5.65. The monoisotopic (exact) mass is 367 g/mol. The number of rotatable bonds is 8. The Hall–Kier alpha value is -1.60. The van der Waals surface area contributed by atoms with Crippen molar-refractivity contribution in [2.45, 2.75) is 33.2 Å². The lowest BCUT2D eigenvalue weighted by Gasteiger charge is -2.24. The number of anilines is 2. The standard InChI is InChI=1S/C18H29N3O3S/c1-13(2)18(22)19-16-8-9-17(20(3)4)15(10-16)12-21(25(5,23)24)11-14-6-7-14/h8-10,13-14H,6-7,11-12H2,1-5H3,(H,19,22). The van der Waals surface area contributed by atoms with Crippen molar-refractivity contribution >= 4 is 27.3 Å². The molecule has 1 amide bonds. The maximum atomic E-state index is 12.2. The summed E-state index contributed by atoms with van der Waals surface area (Å²) in [5, 5.41) is 2.89. The Morgan fingerprint density at radius 2 is 1.92 bits per heavy atom. The second-order valence-electron chi connectivity index (χ2n) is 7.38. The lowest BCUT2D eigenvalue weighted by atomic mass is 10.1. The maximum absolute atomic E-state index is 12.2. The lowest BCUT2D eigenvalue weighted by molar-refractivity contribution is -0.118. The molecule has 1 aromatic rings. The predicted molar refractivity (Wildman–Crippen MR) is 102 cm³/mol. The topological polar surface area (TPSA) is 69.7 Å². The average Bonchev–Trinajstić information content (AvgIpc) is 3.29. The Bertz CT molecular complexity index is 725. The first-order valence-electron chi connectivity index (χ1n) is 8.64. The summed E-state index contributed by atoms with van der Waals surface area (Å²) in [7, 11) is 0.572. The van der Waals surface area contributed by atoms with Gasteiger partial charge in [0.2, 0.25) is 15.9 Å². The molecule has 6 nitrogen and oxygen atoms in total. The molecule has 0 heterocycles. The smallest absolute Gasteiger partial charge is 0.226 e. The van der Waals surface area contributed by atoms with Crippen LogP contribution in [0.15, 0.2) is 18.2 Å². The van der Waals surface area contributed by atoms with Gasteiger partial charge >= 0.3 is 0 Å². The summed E-state index contributed by atoms with van der Waals surface area (Å²) in [6.07, 6.45) is 3.45. The number of hydrogen-bond acceptors (Lipinski definition) is 4. The van der Waals surface area contributed by atoms with E-state index >= 15 is 0 Å². The minimum atomic E-state index is -3.28. The number of nitrogens with zero attached hydrogens (tertiary/aromatic N) is 2. The first-order chi connectivity index (χ1) is 11.6. The number of benzene rings is 1. The fraction of sp³-hybridized carbons (Fsp3) is 0.611. The molecule has 25 heavy (non-hydrogen) atoms. The van der Waals surface area contributed by atoms with E-state index in [1.807, 2.05) is 51.0 Å². The van der Waals surface area contributed by atoms with E-state index in [1.165, 1.54) is 6.26 Å². The molecule has 1 fully saturated rings. The van der Waals surface area contributed by atoms with E-state index < -0.39 is 10.0 Å². The van der Waals surface area contributed by atoms with Gasteiger partial charge in [-0.15, -0.1) is 0 Å². The molecule has 0 atom stereocenters. The van der Waals surface area contributed by atoms with Crippen LogP contribution in [0.3, 0.4) is 0 Å². The summed E-state index contributed by atoms with van der Waals surface area (Å²) >= 11 is 0. The number of sulfonamides is 1. The second-order valence-corrected chi connectivity index (χ2v) is 9.36. The summed E-state index contributed by atoms with van der Waals surface area (Å²) in [5.41, 5.74) is 2.53. The van der Waals surface area contributed by atoms with Crippen molar-refractivity contribution in [2.75, 3.05) is 37.1 Å². The first-order valence-corrected chi connectivity index (χ1v) is 10.5. The van der Waals surface area contributed by atoms with Gasteiger partial charge in [0, 0.05) is 44.5 Å². The Balaban J connectivity index is 2.29. The third-order valence-corrected chi connectivity index (χ3v) is 5.54. The van der Waals surface area contributed by atoms with Gasteiger partial charge in [0.25, 0.3) is 0 Å². The summed E-state index contributed by atoms with van der Waals surface area (Å²) < 4.78 is 25.9. The van der Waals surface area contributed by atoms with Crippen LogP contribution in [-0.4, -0.2) is 45.5 Å². The normalized spacial score (nSPS) is 14.8. The molecule has 0 bridgehead atoms. The molecular weight excluding hydrogens is 338 g/mol. The quantitative estimate of drug-likeness (QED) is 0.766. The van der Waals surface area contributed by atoms with Gasteiger partial charge in [0.1, 0.15) is 0 Å². The Morgan fingerprint density at radius 3 is 2.40 bits per heavy atom. The molecule has 2 rings (SSSR count). The van der Waals surface area contributed by atoms with Crippen LogP contribution in [-0.2, 0) is 21.4 Å². The van der Waals surface area contributed by atoms with E-state index in [4.69, 9.17) is 0 Å². The van der Waals surface area contributed by atoms with Gasteiger partial charge < -0.3 is 10.2 Å². The SMILES string of the molecule is CC(C)C(=O)Nc1ccc(N(C)C)c(CN(CC2CC2)S(C)(=O)=O)c1. The van der Waals surface area contributed by atoms with E-state index in [-0.39, 0.29) is 11.8 Å². The second kappa shape index (κ2) is 7.74. The van der Waals surface area contributed by atoms with Crippen LogP contribution in [0.25, 0.3) is 0 Å². The number of carbonyl (C=O) groups is 1. The van der Waals surface area contributed by atoms with Crippen LogP contribution in [0.1, 0.15) is 32.3 Å². The van der Waals surface area contributed by atoms with Crippen molar-refractivity contribution in [2.24, 2.45) is 11.8 Å². The van der Waals surface area contributed by atoms with Crippen molar-refractivity contribution in [3.63, 3.8) is 0 Å². The molecule has 0 saturated heterocycles. The first kappa shape index (κ1) is 19.7. The Morgan fingerprint density at radius 1 is 1.28 bits per heavy atom. The highest BCUT2D eigenvalue weighted by atomic mass is 32.2. The third-order valence-electron chi connectivity index (χ3n) is 4.33. The zero-order valence-electron chi connectivity index (χ0n) is 15.7. The molecular formula is C18H29N3O3S. The molecule has 0 aromatic heterocycles. The van der Waals surface area contributed by atoms with Gasteiger partial charge in [0.05, 0.1) is 6.26 Å². The van der Waals surface area contributed by atoms with Crippen LogP contribution in [0.2, 0.25) is 0 Å². The minimum Gasteiger partial charge on any atom is -0.377 e. The zero-order valence-corrected chi connectivity index (χ0v) is 16.6. The van der Waals surface area contributed by atoms with Crippen molar-refractivity contribution in [1.82, 2.24) is 4.31 Å². The van der Waals surface area contributed by atoms with Crippen LogP contribution >= 0.6 is 0 Å². The highest BCUT2D eigenvalue weighted by molar-refractivity contribution is 7.88. The van der Waals surface area contributed by atoms with Gasteiger partial charge in [-0.3, -0.25) is 4.79 Å². The summed E-state index contributed by atoms with van der Waals surface area (Å²) in [6.45, 7) is 4.56. The molecule has 0 aliphatic heterocycles. The van der Waals surface area contributed by atoms with E-state index in [1.54, 1.807) is 4.31 Å². The lowest BCUT2D eigenvalue weighted by Crippen LogP contribution is -2.32. The average molecular weight is 368 g/mol. The largest absolute Gasteiger partial charge is 0.377 e. The van der Waals surface area contributed by atoms with E-state index in [0.29, 0.717) is 24.7 Å². The van der Waals surface area contributed by atoms with E-state index in [9.17, 15) is 13.2 Å². The van der Waals surface area contributed by atoms with Crippen LogP contribution in [0.4, 0.5) is 11.4 Å². The predicted octanol–water partition coefficient (Wildman–Crippen LogP) is 2.52. The summed E-state index contributed by atoms with van der Waals surface area (Å²) in [5.74, 6) is 0.308. The van der Waals surface area contributed by atoms with Gasteiger partial charge in [-0.05, 0) is 42.5 Å². The number of carbonyl (C=O) groups excluding carboxylic acids is 1. The van der Waals surface area contributed by atoms with Crippen molar-refractivity contribution in [1.29, 1.82) is 0 Å². The zero-order chi connectivity index (χ0) is 18.8. The van der Waals surface area contributed by atoms with Gasteiger partial charge in [-0.2, -0.15) is 4.31 Å². The third kappa shape index (κ3) is 5.71. The molecule has 140 valence electrons. The van der Waals surface area contributed by atoms with Crippen LogP contribution in [0, 0.1) is 11.8 Å². The number of nitrogens with one attached hydrogen (secondary N) is 1. The molecule has 0 unspecified atom stereocenters. The van der Waals surface area contributed by atoms with Gasteiger partial charge in [-0.25, -0.2) is 8.42 Å². The fourth-order valence-corrected chi connectivity index (χ4v) is 3.46. The fourth-order valence-electron chi connectivity index (χ4n) is 2.61. The summed E-state index contributed by atoms with van der Waals surface area (Å²) in [4.78, 5) is 13.9. The molecule has 1 N–H and O–H groups in total. The molecule has 1 aliphatic carbocycles.